The summed E-state index contributed by atoms with van der Waals surface area (Å²) in [6.07, 6.45) is 4.89. The molecule has 0 N–H and O–H groups in total. The number of ether oxygens (including phenoxy) is 2. The van der Waals surface area contributed by atoms with Gasteiger partial charge in [-0.3, -0.25) is 9.48 Å². The van der Waals surface area contributed by atoms with E-state index in [-0.39, 0.29) is 35.4 Å². The van der Waals surface area contributed by atoms with Gasteiger partial charge in [0.2, 0.25) is 15.9 Å². The molecule has 2 radical (unpaired) electrons. The van der Waals surface area contributed by atoms with Gasteiger partial charge in [-0.05, 0) is 49.8 Å². The lowest BCUT2D eigenvalue weighted by Gasteiger charge is -2.31. The summed E-state index contributed by atoms with van der Waals surface area (Å²) in [7, 11) is 3.65. The molecule has 2 aromatic heterocycles. The number of pyridine rings is 1. The molecular weight excluding hydrogens is 491 g/mol. The highest BCUT2D eigenvalue weighted by atomic mass is 35.5. The number of carbonyl (C=O) groups is 1. The van der Waals surface area contributed by atoms with Crippen LogP contribution in [0.3, 0.4) is 0 Å². The second-order valence-corrected chi connectivity index (χ2v) is 10.4. The molecule has 0 bridgehead atoms. The van der Waals surface area contributed by atoms with Crippen LogP contribution < -0.4 is 10.2 Å². The van der Waals surface area contributed by atoms with Gasteiger partial charge in [-0.2, -0.15) is 9.40 Å². The van der Waals surface area contributed by atoms with Gasteiger partial charge in [-0.15, -0.1) is 0 Å². The van der Waals surface area contributed by atoms with Crippen LogP contribution in [0.4, 0.5) is 0 Å². The third kappa shape index (κ3) is 5.22. The lowest BCUT2D eigenvalue weighted by Crippen LogP contribution is -2.34. The standard InChI is InChI=1S/C23H24BClN4O5S/c1-3-33-22(30)14-29-20-9-6-8-19(16(20)13-27-29)28(2)35(31,32)15-11-17(24)23(26-12-15)34-21-10-5-4-7-18(21)25/h4-5,7,10-13,19H,3,6,8-9,14H2,1-2H3/t19-/m1/s1. The average Bonchev–Trinajstić information content (AvgIpc) is 3.24. The molecule has 1 atom stereocenters. The normalized spacial score (nSPS) is 15.6. The highest BCUT2D eigenvalue weighted by molar-refractivity contribution is 7.89. The zero-order chi connectivity index (χ0) is 25.2. The molecule has 9 nitrogen and oxygen atoms in total. The van der Waals surface area contributed by atoms with E-state index in [1.165, 1.54) is 23.6 Å². The topological polar surface area (TPSA) is 104 Å². The number of hydrogen-bond donors (Lipinski definition) is 0. The molecule has 1 aromatic carbocycles. The Labute approximate surface area is 210 Å². The third-order valence-corrected chi connectivity index (χ3v) is 7.97. The Bertz CT molecular complexity index is 1350. The Hall–Kier alpha value is -2.89. The minimum absolute atomic E-state index is 0.0142. The number of benzene rings is 1. The fourth-order valence-corrected chi connectivity index (χ4v) is 5.60. The minimum atomic E-state index is -3.94. The molecule has 182 valence electrons. The van der Waals surface area contributed by atoms with Crippen LogP contribution in [0.2, 0.25) is 5.02 Å². The Morgan fingerprint density at radius 2 is 2.09 bits per heavy atom. The molecule has 1 aliphatic rings. The van der Waals surface area contributed by atoms with Crippen LogP contribution in [-0.4, -0.2) is 55.0 Å². The van der Waals surface area contributed by atoms with Gasteiger partial charge in [0.05, 0.1) is 30.1 Å². The number of hydrogen-bond acceptors (Lipinski definition) is 7. The Balaban J connectivity index is 1.57. The summed E-state index contributed by atoms with van der Waals surface area (Å²) < 4.78 is 40.5. The molecule has 2 heterocycles. The first-order valence-corrected chi connectivity index (χ1v) is 12.9. The number of para-hydroxylation sites is 1. The van der Waals surface area contributed by atoms with Crippen molar-refractivity contribution >= 4 is 40.9 Å². The molecule has 0 spiro atoms. The van der Waals surface area contributed by atoms with Gasteiger partial charge in [-0.25, -0.2) is 13.4 Å². The number of esters is 1. The van der Waals surface area contributed by atoms with E-state index in [4.69, 9.17) is 28.9 Å². The fraction of sp³-hybridized carbons (Fsp3) is 0.348. The van der Waals surface area contributed by atoms with E-state index < -0.39 is 16.1 Å². The van der Waals surface area contributed by atoms with Crippen molar-refractivity contribution in [1.29, 1.82) is 0 Å². The SMILES string of the molecule is [B]c1cc(S(=O)(=O)N(C)[C@@H]2CCCc3c2cnn3CC(=O)OCC)cnc1Oc1ccccc1Cl. The number of fused-ring (bicyclic) bond motifs is 1. The maximum absolute atomic E-state index is 13.5. The van der Waals surface area contributed by atoms with Gasteiger partial charge < -0.3 is 9.47 Å². The highest BCUT2D eigenvalue weighted by Gasteiger charge is 2.34. The molecule has 35 heavy (non-hydrogen) atoms. The first-order valence-electron chi connectivity index (χ1n) is 11.1. The average molecular weight is 515 g/mol. The van der Waals surface area contributed by atoms with Crippen molar-refractivity contribution in [1.82, 2.24) is 19.1 Å². The molecule has 0 aliphatic heterocycles. The van der Waals surface area contributed by atoms with Crippen LogP contribution in [0.25, 0.3) is 0 Å². The summed E-state index contributed by atoms with van der Waals surface area (Å²) in [5.74, 6) is 0.0257. The predicted octanol–water partition coefficient (Wildman–Crippen LogP) is 2.78. The van der Waals surface area contributed by atoms with Crippen molar-refractivity contribution in [3.63, 3.8) is 0 Å². The number of aromatic nitrogens is 3. The molecule has 1 aliphatic carbocycles. The van der Waals surface area contributed by atoms with Crippen molar-refractivity contribution in [2.24, 2.45) is 0 Å². The Morgan fingerprint density at radius 1 is 1.31 bits per heavy atom. The number of sulfonamides is 1. The summed E-state index contributed by atoms with van der Waals surface area (Å²) in [5.41, 5.74) is 1.66. The van der Waals surface area contributed by atoms with Gasteiger partial charge in [-0.1, -0.05) is 23.7 Å². The maximum Gasteiger partial charge on any atom is 0.327 e. The Kier molecular flexibility index (Phi) is 7.49. The van der Waals surface area contributed by atoms with Gasteiger partial charge in [0, 0.05) is 18.3 Å². The lowest BCUT2D eigenvalue weighted by atomic mass is 9.93. The van der Waals surface area contributed by atoms with Crippen LogP contribution in [0.5, 0.6) is 11.6 Å². The Morgan fingerprint density at radius 3 is 2.80 bits per heavy atom. The minimum Gasteiger partial charge on any atom is -0.465 e. The fourth-order valence-electron chi connectivity index (χ4n) is 4.08. The zero-order valence-corrected chi connectivity index (χ0v) is 20.9. The molecule has 0 amide bonds. The second kappa shape index (κ2) is 10.4. The first kappa shape index (κ1) is 25.2. The van der Waals surface area contributed by atoms with E-state index in [9.17, 15) is 13.2 Å². The van der Waals surface area contributed by atoms with Crippen LogP contribution >= 0.6 is 11.6 Å². The second-order valence-electron chi connectivity index (χ2n) is 8.04. The first-order chi connectivity index (χ1) is 16.7. The van der Waals surface area contributed by atoms with Crippen molar-refractivity contribution in [2.45, 2.75) is 43.7 Å². The molecule has 0 saturated carbocycles. The molecule has 12 heteroatoms. The number of halogens is 1. The molecule has 0 fully saturated rings. The van der Waals surface area contributed by atoms with Gasteiger partial charge in [0.1, 0.15) is 25.0 Å². The molecule has 0 unspecified atom stereocenters. The predicted molar refractivity (Wildman–Crippen MR) is 131 cm³/mol. The van der Waals surface area contributed by atoms with Gasteiger partial charge in [0.25, 0.3) is 0 Å². The van der Waals surface area contributed by atoms with E-state index in [0.29, 0.717) is 23.6 Å². The van der Waals surface area contributed by atoms with Crippen molar-refractivity contribution in [2.75, 3.05) is 13.7 Å². The van der Waals surface area contributed by atoms with E-state index in [0.717, 1.165) is 17.7 Å². The summed E-state index contributed by atoms with van der Waals surface area (Å²) in [6, 6.07) is 7.70. The van der Waals surface area contributed by atoms with Crippen LogP contribution in [0.15, 0.2) is 47.6 Å². The molecular formula is C23H24BClN4O5S. The number of carbonyl (C=O) groups excluding carboxylic acids is 1. The number of nitrogens with zero attached hydrogens (tertiary/aromatic N) is 4. The zero-order valence-electron chi connectivity index (χ0n) is 19.3. The molecule has 4 rings (SSSR count). The quantitative estimate of drug-likeness (QED) is 0.336. The van der Waals surface area contributed by atoms with E-state index in [2.05, 4.69) is 10.1 Å². The van der Waals surface area contributed by atoms with Crippen LogP contribution in [0.1, 0.15) is 37.1 Å². The van der Waals surface area contributed by atoms with E-state index >= 15 is 0 Å². The summed E-state index contributed by atoms with van der Waals surface area (Å²) in [4.78, 5) is 16.0. The summed E-state index contributed by atoms with van der Waals surface area (Å²) >= 11 is 6.12. The van der Waals surface area contributed by atoms with Crippen molar-refractivity contribution in [3.8, 4) is 11.6 Å². The molecule has 3 aromatic rings. The van der Waals surface area contributed by atoms with E-state index in [1.54, 1.807) is 42.1 Å². The highest BCUT2D eigenvalue weighted by Crippen LogP contribution is 2.36. The van der Waals surface area contributed by atoms with Gasteiger partial charge >= 0.3 is 5.97 Å². The third-order valence-electron chi connectivity index (χ3n) is 5.83. The smallest absolute Gasteiger partial charge is 0.327 e. The summed E-state index contributed by atoms with van der Waals surface area (Å²) in [6.45, 7) is 2.01. The number of rotatable bonds is 8. The maximum atomic E-state index is 13.5. The van der Waals surface area contributed by atoms with Crippen molar-refractivity contribution < 1.29 is 22.7 Å². The molecule has 0 saturated heterocycles. The van der Waals surface area contributed by atoms with Crippen LogP contribution in [0, 0.1) is 0 Å². The van der Waals surface area contributed by atoms with Gasteiger partial charge in [0.15, 0.2) is 0 Å². The van der Waals surface area contributed by atoms with E-state index in [1.807, 2.05) is 0 Å². The largest absolute Gasteiger partial charge is 0.465 e. The lowest BCUT2D eigenvalue weighted by molar-refractivity contribution is -0.144. The monoisotopic (exact) mass is 514 g/mol. The summed E-state index contributed by atoms with van der Waals surface area (Å²) in [5, 5.41) is 4.69. The van der Waals surface area contributed by atoms with Crippen LogP contribution in [-0.2, 0) is 32.5 Å². The van der Waals surface area contributed by atoms with Crippen molar-refractivity contribution in [3.05, 3.63) is 59.0 Å².